The maximum absolute atomic E-state index is 12.5. The second-order valence-corrected chi connectivity index (χ2v) is 9.27. The van der Waals surface area contributed by atoms with Crippen LogP contribution >= 0.6 is 0 Å². The van der Waals surface area contributed by atoms with Gasteiger partial charge in [0.2, 0.25) is 5.91 Å². The van der Waals surface area contributed by atoms with Crippen LogP contribution in [0.15, 0.2) is 12.3 Å². The summed E-state index contributed by atoms with van der Waals surface area (Å²) in [6.45, 7) is 4.53. The van der Waals surface area contributed by atoms with Gasteiger partial charge in [0.15, 0.2) is 5.65 Å². The third-order valence-electron chi connectivity index (χ3n) is 7.15. The minimum atomic E-state index is 0.216. The molecule has 1 amide bonds. The Hall–Kier alpha value is -2.24. The molecule has 3 aliphatic carbocycles. The van der Waals surface area contributed by atoms with Crippen molar-refractivity contribution in [2.75, 3.05) is 0 Å². The lowest BCUT2D eigenvalue weighted by Crippen LogP contribution is -2.33. The lowest BCUT2D eigenvalue weighted by atomic mass is 9.93. The molecule has 3 atom stereocenters. The van der Waals surface area contributed by atoms with E-state index in [4.69, 9.17) is 0 Å². The number of nitrogens with zero attached hydrogens (tertiary/aromatic N) is 4. The van der Waals surface area contributed by atoms with E-state index in [0.717, 1.165) is 55.0 Å². The van der Waals surface area contributed by atoms with Crippen LogP contribution in [0.5, 0.6) is 0 Å². The molecule has 0 unspecified atom stereocenters. The van der Waals surface area contributed by atoms with E-state index in [2.05, 4.69) is 50.9 Å². The van der Waals surface area contributed by atoms with Crippen molar-refractivity contribution in [1.82, 2.24) is 24.9 Å². The molecule has 0 aromatic carbocycles. The van der Waals surface area contributed by atoms with Crippen LogP contribution in [0.4, 0.5) is 0 Å². The van der Waals surface area contributed by atoms with Gasteiger partial charge in [-0.3, -0.25) is 14.2 Å². The summed E-state index contributed by atoms with van der Waals surface area (Å²) in [4.78, 5) is 17.0. The lowest BCUT2D eigenvalue weighted by molar-refractivity contribution is -0.122. The monoisotopic (exact) mass is 379 g/mol. The summed E-state index contributed by atoms with van der Waals surface area (Å²) in [6, 6.07) is 0.243. The summed E-state index contributed by atoms with van der Waals surface area (Å²) in [5.74, 6) is 2.10. The smallest absolute Gasteiger partial charge is 0.220 e. The summed E-state index contributed by atoms with van der Waals surface area (Å²) in [5, 5.41) is 12.3. The highest BCUT2D eigenvalue weighted by Gasteiger charge is 2.39. The van der Waals surface area contributed by atoms with Gasteiger partial charge in [-0.05, 0) is 49.5 Å². The van der Waals surface area contributed by atoms with Crippen LogP contribution in [0.25, 0.3) is 11.7 Å². The van der Waals surface area contributed by atoms with Gasteiger partial charge in [-0.15, -0.1) is 10.2 Å². The van der Waals surface area contributed by atoms with Gasteiger partial charge in [-0.2, -0.15) is 0 Å². The molecule has 2 fully saturated rings. The quantitative estimate of drug-likeness (QED) is 0.831. The Bertz CT molecular complexity index is 942. The number of carbonyl (C=O) groups is 1. The van der Waals surface area contributed by atoms with E-state index in [9.17, 15) is 4.79 Å². The Labute approximate surface area is 165 Å². The standard InChI is InChI=1S/C22H29N5O/c1-3-14-11-15(24-20(28)7-8-22(2)9-10-22)12-16(14)21-26-25-19-13-23-17-5-4-6-18(17)27(19)21/h4,6,13-16H,3,5,7-12H2,1-2H3,(H,24,28)/t14-,15+,16+/m1/s1. The van der Waals surface area contributed by atoms with E-state index >= 15 is 0 Å². The van der Waals surface area contributed by atoms with Crippen molar-refractivity contribution in [2.45, 2.75) is 77.2 Å². The van der Waals surface area contributed by atoms with Crippen molar-refractivity contribution < 1.29 is 4.79 Å². The number of hydrogen-bond acceptors (Lipinski definition) is 4. The molecule has 1 N–H and O–H groups in total. The van der Waals surface area contributed by atoms with Crippen molar-refractivity contribution in [2.24, 2.45) is 11.3 Å². The van der Waals surface area contributed by atoms with Crippen LogP contribution < -0.4 is 5.32 Å². The highest BCUT2D eigenvalue weighted by atomic mass is 16.1. The van der Waals surface area contributed by atoms with Crippen molar-refractivity contribution in [3.05, 3.63) is 29.5 Å². The number of amides is 1. The first-order valence-corrected chi connectivity index (χ1v) is 10.7. The summed E-state index contributed by atoms with van der Waals surface area (Å²) < 4.78 is 2.19. The van der Waals surface area contributed by atoms with Gasteiger partial charge in [0.05, 0.1) is 17.6 Å². The number of allylic oxidation sites excluding steroid dienone is 1. The first-order chi connectivity index (χ1) is 13.6. The Kier molecular flexibility index (Phi) is 4.25. The number of rotatable bonds is 6. The van der Waals surface area contributed by atoms with E-state index in [1.54, 1.807) is 0 Å². The van der Waals surface area contributed by atoms with E-state index in [-0.39, 0.29) is 11.9 Å². The second-order valence-electron chi connectivity index (χ2n) is 9.27. The molecule has 2 heterocycles. The molecular weight excluding hydrogens is 350 g/mol. The molecule has 0 aliphatic heterocycles. The molecule has 28 heavy (non-hydrogen) atoms. The lowest BCUT2D eigenvalue weighted by Gasteiger charge is -2.16. The third-order valence-corrected chi connectivity index (χ3v) is 7.15. The average Bonchev–Trinajstić information content (AvgIpc) is 3.10. The predicted molar refractivity (Wildman–Crippen MR) is 108 cm³/mol. The molecular formula is C22H29N5O. The van der Waals surface area contributed by atoms with Crippen molar-refractivity contribution >= 4 is 17.6 Å². The maximum atomic E-state index is 12.5. The zero-order chi connectivity index (χ0) is 19.3. The Morgan fingerprint density at radius 3 is 2.96 bits per heavy atom. The summed E-state index contributed by atoms with van der Waals surface area (Å²) in [7, 11) is 0. The molecule has 2 saturated carbocycles. The van der Waals surface area contributed by atoms with E-state index in [0.29, 0.717) is 23.7 Å². The molecule has 0 saturated heterocycles. The predicted octanol–water partition coefficient (Wildman–Crippen LogP) is 3.66. The fourth-order valence-corrected chi connectivity index (χ4v) is 5.01. The van der Waals surface area contributed by atoms with Gasteiger partial charge in [0, 0.05) is 24.8 Å². The van der Waals surface area contributed by atoms with Crippen molar-refractivity contribution in [3.8, 4) is 0 Å². The van der Waals surface area contributed by atoms with Crippen LogP contribution in [0.1, 0.15) is 81.9 Å². The normalized spacial score (nSPS) is 27.3. The van der Waals surface area contributed by atoms with E-state index in [1.165, 1.54) is 12.8 Å². The number of fused-ring (bicyclic) bond motifs is 3. The van der Waals surface area contributed by atoms with Gasteiger partial charge in [0.1, 0.15) is 5.82 Å². The van der Waals surface area contributed by atoms with E-state index < -0.39 is 0 Å². The molecule has 2 aromatic rings. The molecule has 5 rings (SSSR count). The zero-order valence-corrected chi connectivity index (χ0v) is 16.8. The Morgan fingerprint density at radius 1 is 1.32 bits per heavy atom. The summed E-state index contributed by atoms with van der Waals surface area (Å²) in [6.07, 6.45) is 14.3. The SMILES string of the molecule is CC[C@@H]1C[C@H](NC(=O)CCC2(C)CC2)C[C@@H]1c1nnc2cnc3c(n12)C=CC3. The molecule has 0 spiro atoms. The zero-order valence-electron chi connectivity index (χ0n) is 16.8. The summed E-state index contributed by atoms with van der Waals surface area (Å²) in [5.41, 5.74) is 3.47. The van der Waals surface area contributed by atoms with Crippen LogP contribution in [0.2, 0.25) is 0 Å². The Morgan fingerprint density at radius 2 is 2.18 bits per heavy atom. The molecule has 2 aromatic heterocycles. The number of carbonyl (C=O) groups excluding carboxylic acids is 1. The molecule has 3 aliphatic rings. The first-order valence-electron chi connectivity index (χ1n) is 10.7. The van der Waals surface area contributed by atoms with Crippen molar-refractivity contribution in [3.63, 3.8) is 0 Å². The molecule has 6 nitrogen and oxygen atoms in total. The van der Waals surface area contributed by atoms with E-state index in [1.807, 2.05) is 6.20 Å². The van der Waals surface area contributed by atoms with Gasteiger partial charge in [0.25, 0.3) is 0 Å². The average molecular weight is 380 g/mol. The fourth-order valence-electron chi connectivity index (χ4n) is 5.01. The number of hydrogen-bond donors (Lipinski definition) is 1. The van der Waals surface area contributed by atoms with Crippen LogP contribution in [0, 0.1) is 11.3 Å². The molecule has 6 heteroatoms. The third kappa shape index (κ3) is 3.12. The highest BCUT2D eigenvalue weighted by Crippen LogP contribution is 2.49. The maximum Gasteiger partial charge on any atom is 0.220 e. The molecule has 0 radical (unpaired) electrons. The largest absolute Gasteiger partial charge is 0.353 e. The van der Waals surface area contributed by atoms with Gasteiger partial charge >= 0.3 is 0 Å². The highest BCUT2D eigenvalue weighted by molar-refractivity contribution is 5.76. The minimum absolute atomic E-state index is 0.216. The van der Waals surface area contributed by atoms with Crippen molar-refractivity contribution in [1.29, 1.82) is 0 Å². The van der Waals surface area contributed by atoms with Gasteiger partial charge in [-0.1, -0.05) is 26.3 Å². The minimum Gasteiger partial charge on any atom is -0.353 e. The first kappa shape index (κ1) is 17.8. The molecule has 0 bridgehead atoms. The van der Waals surface area contributed by atoms with Crippen LogP contribution in [-0.2, 0) is 11.2 Å². The second kappa shape index (κ2) is 6.68. The topological polar surface area (TPSA) is 72.2 Å². The number of aromatic nitrogens is 4. The summed E-state index contributed by atoms with van der Waals surface area (Å²) >= 11 is 0. The number of nitrogens with one attached hydrogen (secondary N) is 1. The van der Waals surface area contributed by atoms with Gasteiger partial charge < -0.3 is 5.32 Å². The van der Waals surface area contributed by atoms with Crippen LogP contribution in [-0.4, -0.2) is 31.5 Å². The fraction of sp³-hybridized carbons (Fsp3) is 0.636. The van der Waals surface area contributed by atoms with Gasteiger partial charge in [-0.25, -0.2) is 0 Å². The molecule has 148 valence electrons. The van der Waals surface area contributed by atoms with Crippen LogP contribution in [0.3, 0.4) is 0 Å². The Balaban J connectivity index is 1.34.